The summed E-state index contributed by atoms with van der Waals surface area (Å²) in [7, 11) is 0. The van der Waals surface area contributed by atoms with E-state index < -0.39 is 5.60 Å². The van der Waals surface area contributed by atoms with E-state index in [2.05, 4.69) is 33.8 Å². The number of ether oxygens (including phenoxy) is 1. The van der Waals surface area contributed by atoms with Gasteiger partial charge < -0.3 is 15.4 Å². The van der Waals surface area contributed by atoms with Gasteiger partial charge in [0, 0.05) is 24.2 Å². The number of benzene rings is 2. The zero-order chi connectivity index (χ0) is 27.0. The quantitative estimate of drug-likeness (QED) is 0.361. The van der Waals surface area contributed by atoms with Crippen molar-refractivity contribution < 1.29 is 14.3 Å². The van der Waals surface area contributed by atoms with E-state index in [-0.39, 0.29) is 24.0 Å². The van der Waals surface area contributed by atoms with E-state index in [9.17, 15) is 9.59 Å². The number of aromatic nitrogens is 1. The van der Waals surface area contributed by atoms with Gasteiger partial charge in [0.15, 0.2) is 0 Å². The number of pyridine rings is 1. The number of carbonyl (C=O) groups is 2. The van der Waals surface area contributed by atoms with Crippen molar-refractivity contribution in [3.05, 3.63) is 90.1 Å². The van der Waals surface area contributed by atoms with E-state index in [1.54, 1.807) is 0 Å². The Bertz CT molecular complexity index is 1180. The highest BCUT2D eigenvalue weighted by Gasteiger charge is 2.29. The first-order valence-electron chi connectivity index (χ1n) is 13.6. The fourth-order valence-electron chi connectivity index (χ4n) is 4.99. The average Bonchev–Trinajstić information content (AvgIpc) is 2.92. The highest BCUT2D eigenvalue weighted by atomic mass is 16.6. The first-order valence-corrected chi connectivity index (χ1v) is 13.6. The second-order valence-corrected chi connectivity index (χ2v) is 11.2. The van der Waals surface area contributed by atoms with Crippen LogP contribution in [0.2, 0.25) is 0 Å². The lowest BCUT2D eigenvalue weighted by Crippen LogP contribution is -2.39. The summed E-state index contributed by atoms with van der Waals surface area (Å²) in [4.78, 5) is 30.0. The molecule has 1 unspecified atom stereocenters. The lowest BCUT2D eigenvalue weighted by Gasteiger charge is -2.30. The molecule has 2 N–H and O–H groups in total. The standard InChI is InChI=1S/C32H39N3O3/c1-32(2,3)38-31(37)34-22-24-14-16-26(17-15-24)30(36)35-29(20-23-10-6-4-7-11-23)27-18-19-33-28(21-27)25-12-8-5-9-13-25/h4-13,18-19,21,24,26,29H,14-17,20,22H2,1-3H3,(H,34,37)(H,35,36)/t24-,26-,29?. The molecule has 1 fully saturated rings. The van der Waals surface area contributed by atoms with Gasteiger partial charge in [0.25, 0.3) is 0 Å². The largest absolute Gasteiger partial charge is 0.444 e. The van der Waals surface area contributed by atoms with Crippen molar-refractivity contribution in [2.24, 2.45) is 11.8 Å². The molecule has 0 bridgehead atoms. The number of nitrogens with one attached hydrogen (secondary N) is 2. The van der Waals surface area contributed by atoms with Crippen molar-refractivity contribution in [2.75, 3.05) is 6.54 Å². The molecule has 1 aromatic heterocycles. The van der Waals surface area contributed by atoms with Crippen LogP contribution in [0.25, 0.3) is 11.3 Å². The summed E-state index contributed by atoms with van der Waals surface area (Å²) in [6.45, 7) is 6.15. The third-order valence-electron chi connectivity index (χ3n) is 7.01. The summed E-state index contributed by atoms with van der Waals surface area (Å²) in [6.07, 6.45) is 5.60. The number of nitrogens with zero attached hydrogens (tertiary/aromatic N) is 1. The summed E-state index contributed by atoms with van der Waals surface area (Å²) in [5, 5.41) is 6.25. The van der Waals surface area contributed by atoms with E-state index in [1.807, 2.05) is 81.6 Å². The van der Waals surface area contributed by atoms with Crippen molar-refractivity contribution >= 4 is 12.0 Å². The maximum atomic E-state index is 13.4. The van der Waals surface area contributed by atoms with Crippen LogP contribution >= 0.6 is 0 Å². The molecule has 0 aliphatic heterocycles. The molecule has 4 rings (SSSR count). The van der Waals surface area contributed by atoms with Gasteiger partial charge in [-0.1, -0.05) is 60.7 Å². The molecule has 0 saturated heterocycles. The molecule has 6 nitrogen and oxygen atoms in total. The minimum absolute atomic E-state index is 0.0264. The summed E-state index contributed by atoms with van der Waals surface area (Å²) in [6, 6.07) is 24.3. The fourth-order valence-corrected chi connectivity index (χ4v) is 4.99. The average molecular weight is 514 g/mol. The lowest BCUT2D eigenvalue weighted by molar-refractivity contribution is -0.127. The number of rotatable bonds is 8. The van der Waals surface area contributed by atoms with Gasteiger partial charge in [-0.2, -0.15) is 0 Å². The summed E-state index contributed by atoms with van der Waals surface area (Å²) in [5.41, 5.74) is 3.66. The molecule has 1 aliphatic rings. The van der Waals surface area contributed by atoms with Crippen LogP contribution in [0.4, 0.5) is 4.79 Å². The van der Waals surface area contributed by atoms with E-state index in [4.69, 9.17) is 4.74 Å². The third-order valence-corrected chi connectivity index (χ3v) is 7.01. The van der Waals surface area contributed by atoms with Crippen molar-refractivity contribution in [3.8, 4) is 11.3 Å². The van der Waals surface area contributed by atoms with Gasteiger partial charge in [-0.15, -0.1) is 0 Å². The van der Waals surface area contributed by atoms with Gasteiger partial charge in [-0.3, -0.25) is 9.78 Å². The Kier molecular flexibility index (Phi) is 9.16. The maximum Gasteiger partial charge on any atom is 0.407 e. The van der Waals surface area contributed by atoms with Crippen LogP contribution in [0.15, 0.2) is 79.0 Å². The van der Waals surface area contributed by atoms with Gasteiger partial charge >= 0.3 is 6.09 Å². The normalized spacial score (nSPS) is 18.3. The second kappa shape index (κ2) is 12.7. The van der Waals surface area contributed by atoms with Crippen molar-refractivity contribution in [2.45, 2.75) is 64.5 Å². The molecule has 2 amide bonds. The van der Waals surface area contributed by atoms with Gasteiger partial charge in [-0.25, -0.2) is 4.79 Å². The highest BCUT2D eigenvalue weighted by Crippen LogP contribution is 2.30. The predicted molar refractivity (Wildman–Crippen MR) is 150 cm³/mol. The summed E-state index contributed by atoms with van der Waals surface area (Å²) >= 11 is 0. The Labute approximate surface area is 226 Å². The monoisotopic (exact) mass is 513 g/mol. The predicted octanol–water partition coefficient (Wildman–Crippen LogP) is 6.48. The first-order chi connectivity index (χ1) is 18.3. The van der Waals surface area contributed by atoms with Gasteiger partial charge in [0.2, 0.25) is 5.91 Å². The molecule has 1 atom stereocenters. The van der Waals surface area contributed by atoms with E-state index in [0.717, 1.165) is 42.5 Å². The van der Waals surface area contributed by atoms with Crippen LogP contribution < -0.4 is 10.6 Å². The summed E-state index contributed by atoms with van der Waals surface area (Å²) < 4.78 is 5.34. The molecule has 38 heavy (non-hydrogen) atoms. The topological polar surface area (TPSA) is 80.3 Å². The van der Waals surface area contributed by atoms with Crippen LogP contribution in [-0.2, 0) is 16.0 Å². The Morgan fingerprint density at radius 3 is 2.26 bits per heavy atom. The molecule has 6 heteroatoms. The molecule has 200 valence electrons. The van der Waals surface area contributed by atoms with Crippen molar-refractivity contribution in [1.29, 1.82) is 0 Å². The number of hydrogen-bond donors (Lipinski definition) is 2. The minimum atomic E-state index is -0.507. The number of alkyl carbamates (subject to hydrolysis) is 1. The fraction of sp³-hybridized carbons (Fsp3) is 0.406. The van der Waals surface area contributed by atoms with Crippen LogP contribution in [-0.4, -0.2) is 29.1 Å². The van der Waals surface area contributed by atoms with Crippen LogP contribution in [0.3, 0.4) is 0 Å². The van der Waals surface area contributed by atoms with Gasteiger partial charge in [-0.05, 0) is 82.1 Å². The molecule has 1 heterocycles. The lowest BCUT2D eigenvalue weighted by atomic mass is 9.81. The molecular weight excluding hydrogens is 474 g/mol. The number of amides is 2. The molecule has 2 aromatic carbocycles. The van der Waals surface area contributed by atoms with E-state index in [1.165, 1.54) is 5.56 Å². The van der Waals surface area contributed by atoms with Gasteiger partial charge in [0.1, 0.15) is 5.60 Å². The molecule has 3 aromatic rings. The minimum Gasteiger partial charge on any atom is -0.444 e. The number of hydrogen-bond acceptors (Lipinski definition) is 4. The summed E-state index contributed by atoms with van der Waals surface area (Å²) in [5.74, 6) is 0.435. The maximum absolute atomic E-state index is 13.4. The Morgan fingerprint density at radius 1 is 0.947 bits per heavy atom. The molecule has 1 saturated carbocycles. The zero-order valence-corrected chi connectivity index (χ0v) is 22.7. The molecule has 0 spiro atoms. The highest BCUT2D eigenvalue weighted by molar-refractivity contribution is 5.79. The van der Waals surface area contributed by atoms with Crippen molar-refractivity contribution in [1.82, 2.24) is 15.6 Å². The molecule has 0 radical (unpaired) electrons. The van der Waals surface area contributed by atoms with Gasteiger partial charge in [0.05, 0.1) is 11.7 Å². The Morgan fingerprint density at radius 2 is 1.61 bits per heavy atom. The van der Waals surface area contributed by atoms with Crippen LogP contribution in [0.1, 0.15) is 63.6 Å². The third kappa shape index (κ3) is 8.17. The van der Waals surface area contributed by atoms with Crippen LogP contribution in [0, 0.1) is 11.8 Å². The smallest absolute Gasteiger partial charge is 0.407 e. The second-order valence-electron chi connectivity index (χ2n) is 11.2. The molecular formula is C32H39N3O3. The Balaban J connectivity index is 1.39. The first kappa shape index (κ1) is 27.4. The Hall–Kier alpha value is -3.67. The SMILES string of the molecule is CC(C)(C)OC(=O)NC[C@H]1CC[C@H](C(=O)NC(Cc2ccccc2)c2ccnc(-c3ccccc3)c2)CC1. The zero-order valence-electron chi connectivity index (χ0n) is 22.7. The number of carbonyl (C=O) groups excluding carboxylic acids is 2. The van der Waals surface area contributed by atoms with E-state index >= 15 is 0 Å². The molecule has 1 aliphatic carbocycles. The van der Waals surface area contributed by atoms with E-state index in [0.29, 0.717) is 18.9 Å². The van der Waals surface area contributed by atoms with Crippen LogP contribution in [0.5, 0.6) is 0 Å². The van der Waals surface area contributed by atoms with Crippen molar-refractivity contribution in [3.63, 3.8) is 0 Å².